The van der Waals surface area contributed by atoms with Gasteiger partial charge < -0.3 is 16.9 Å². The molecule has 0 N–H and O–H groups in total. The molecule has 0 aromatic heterocycles. The molecule has 0 saturated carbocycles. The third kappa shape index (κ3) is 17.4. The van der Waals surface area contributed by atoms with E-state index in [0.29, 0.717) is 0 Å². The van der Waals surface area contributed by atoms with Crippen LogP contribution >= 0.6 is 0 Å². The molecule has 0 saturated heterocycles. The van der Waals surface area contributed by atoms with Crippen molar-refractivity contribution in [3.63, 3.8) is 0 Å². The van der Waals surface area contributed by atoms with Crippen LogP contribution in [-0.2, 0) is 65.4 Å². The fourth-order valence-electron chi connectivity index (χ4n) is 1.59. The Morgan fingerprint density at radius 2 is 0.840 bits per heavy atom. The molecule has 0 unspecified atom stereocenters. The van der Waals surface area contributed by atoms with Crippen LogP contribution in [0.5, 0.6) is 11.5 Å². The third-order valence-electron chi connectivity index (χ3n) is 2.22. The minimum absolute atomic E-state index is 0. The average molecular weight is 491 g/mol. The SMILES string of the molecule is CC(C)(C)Oc1cc[c-]cc1.CC(C)(C)Oc1cc[c-]cc1.[CH3-].[Y].[Y]. The summed E-state index contributed by atoms with van der Waals surface area (Å²) >= 11 is 0. The van der Waals surface area contributed by atoms with Crippen molar-refractivity contribution >= 4 is 0 Å². The fraction of sp³-hybridized carbons (Fsp3) is 0.381. The van der Waals surface area contributed by atoms with E-state index >= 15 is 0 Å². The van der Waals surface area contributed by atoms with Crippen molar-refractivity contribution < 1.29 is 74.9 Å². The van der Waals surface area contributed by atoms with Gasteiger partial charge in [-0.25, -0.2) is 0 Å². The van der Waals surface area contributed by atoms with Crippen molar-refractivity contribution in [1.29, 1.82) is 0 Å². The Labute approximate surface area is 205 Å². The van der Waals surface area contributed by atoms with Gasteiger partial charge in [0.2, 0.25) is 0 Å². The molecule has 0 amide bonds. The first-order chi connectivity index (χ1) is 10.2. The molecule has 0 bridgehead atoms. The van der Waals surface area contributed by atoms with Crippen LogP contribution in [0.3, 0.4) is 0 Å². The molecule has 2 aromatic rings. The molecule has 4 heteroatoms. The smallest absolute Gasteiger partial charge is 0.0975 e. The summed E-state index contributed by atoms with van der Waals surface area (Å²) < 4.78 is 11.2. The quantitative estimate of drug-likeness (QED) is 0.497. The second-order valence-electron chi connectivity index (χ2n) is 6.90. The maximum Gasteiger partial charge on any atom is 0.0975 e. The zero-order chi connectivity index (χ0) is 16.6. The summed E-state index contributed by atoms with van der Waals surface area (Å²) in [4.78, 5) is 0. The monoisotopic (exact) mass is 491 g/mol. The number of rotatable bonds is 2. The van der Waals surface area contributed by atoms with Crippen molar-refractivity contribution in [1.82, 2.24) is 0 Å². The molecular formula is C21H29O2Y2-3. The third-order valence-corrected chi connectivity index (χ3v) is 2.22. The summed E-state index contributed by atoms with van der Waals surface area (Å²) in [5, 5.41) is 0. The molecule has 2 radical (unpaired) electrons. The van der Waals surface area contributed by atoms with Gasteiger partial charge in [0.15, 0.2) is 0 Å². The molecule has 0 heterocycles. The predicted octanol–water partition coefficient (Wildman–Crippen LogP) is 5.77. The molecule has 2 rings (SSSR count). The zero-order valence-corrected chi connectivity index (χ0v) is 22.3. The Hall–Kier alpha value is 0.248. The molecule has 0 fully saturated rings. The van der Waals surface area contributed by atoms with E-state index in [9.17, 15) is 0 Å². The standard InChI is InChI=1S/2C10H13O.CH3.2Y/c2*1-10(2,3)11-9-7-5-4-6-8-9;;;/h2*5-8H,1-3H3;1H3;;/q3*-1;;. The Balaban J connectivity index is -0.000000346. The molecule has 0 aliphatic carbocycles. The fourth-order valence-corrected chi connectivity index (χ4v) is 1.59. The van der Waals surface area contributed by atoms with E-state index in [1.165, 1.54) is 0 Å². The molecule has 25 heavy (non-hydrogen) atoms. The first-order valence-corrected chi connectivity index (χ1v) is 7.46. The van der Waals surface area contributed by atoms with Gasteiger partial charge in [0, 0.05) is 76.9 Å². The molecule has 0 aliphatic heterocycles. The molecule has 0 spiro atoms. The Kier molecular flexibility index (Phi) is 17.2. The van der Waals surface area contributed by atoms with Crippen LogP contribution in [0.2, 0.25) is 0 Å². The van der Waals surface area contributed by atoms with Crippen LogP contribution in [0, 0.1) is 19.6 Å². The van der Waals surface area contributed by atoms with Crippen LogP contribution in [0.15, 0.2) is 48.5 Å². The van der Waals surface area contributed by atoms with E-state index in [2.05, 4.69) is 12.1 Å². The van der Waals surface area contributed by atoms with Crippen molar-refractivity contribution in [2.45, 2.75) is 52.7 Å². The van der Waals surface area contributed by atoms with Crippen LogP contribution in [0.4, 0.5) is 0 Å². The van der Waals surface area contributed by atoms with Crippen LogP contribution in [0.1, 0.15) is 41.5 Å². The predicted molar refractivity (Wildman–Crippen MR) is 97.7 cm³/mol. The summed E-state index contributed by atoms with van der Waals surface area (Å²) in [5.74, 6) is 1.80. The molecule has 2 nitrogen and oxygen atoms in total. The van der Waals surface area contributed by atoms with Crippen molar-refractivity contribution in [2.24, 2.45) is 0 Å². The first kappa shape index (κ1) is 30.0. The van der Waals surface area contributed by atoms with Gasteiger partial charge >= 0.3 is 0 Å². The van der Waals surface area contributed by atoms with E-state index in [0.717, 1.165) is 11.5 Å². The largest absolute Gasteiger partial charge is 0.514 e. The molecule has 0 aliphatic rings. The zero-order valence-electron chi connectivity index (χ0n) is 16.6. The van der Waals surface area contributed by atoms with Crippen molar-refractivity contribution in [3.05, 3.63) is 68.1 Å². The second kappa shape index (κ2) is 14.3. The minimum Gasteiger partial charge on any atom is -0.514 e. The molecule has 0 atom stereocenters. The summed E-state index contributed by atoms with van der Waals surface area (Å²) in [6.45, 7) is 12.2. The average Bonchev–Trinajstić information content (AvgIpc) is 2.38. The topological polar surface area (TPSA) is 18.5 Å². The maximum atomic E-state index is 5.58. The molecule has 134 valence electrons. The van der Waals surface area contributed by atoms with Gasteiger partial charge in [0.25, 0.3) is 0 Å². The normalized spacial score (nSPS) is 9.84. The summed E-state index contributed by atoms with van der Waals surface area (Å²) in [6.07, 6.45) is 0. The molecule has 2 aromatic carbocycles. The first-order valence-electron chi connectivity index (χ1n) is 7.46. The Morgan fingerprint density at radius 3 is 1.04 bits per heavy atom. The summed E-state index contributed by atoms with van der Waals surface area (Å²) in [5.41, 5.74) is -0.220. The number of benzene rings is 2. The van der Waals surface area contributed by atoms with Crippen LogP contribution in [-0.4, -0.2) is 11.2 Å². The Morgan fingerprint density at radius 1 is 0.600 bits per heavy atom. The van der Waals surface area contributed by atoms with E-state index in [1.807, 2.05) is 90.1 Å². The van der Waals surface area contributed by atoms with Gasteiger partial charge in [-0.15, -0.1) is 24.3 Å². The van der Waals surface area contributed by atoms with Gasteiger partial charge in [-0.3, -0.25) is 0 Å². The van der Waals surface area contributed by atoms with E-state index in [4.69, 9.17) is 9.47 Å². The van der Waals surface area contributed by atoms with E-state index in [1.54, 1.807) is 0 Å². The Bertz CT molecular complexity index is 478. The van der Waals surface area contributed by atoms with Gasteiger partial charge in [0.1, 0.15) is 0 Å². The summed E-state index contributed by atoms with van der Waals surface area (Å²) in [6, 6.07) is 20.9. The van der Waals surface area contributed by atoms with Crippen molar-refractivity contribution in [2.75, 3.05) is 0 Å². The minimum atomic E-state index is -0.110. The number of hydrogen-bond acceptors (Lipinski definition) is 2. The van der Waals surface area contributed by atoms with E-state index in [-0.39, 0.29) is 84.0 Å². The number of hydrogen-bond donors (Lipinski definition) is 0. The van der Waals surface area contributed by atoms with Crippen LogP contribution < -0.4 is 9.47 Å². The van der Waals surface area contributed by atoms with E-state index < -0.39 is 0 Å². The van der Waals surface area contributed by atoms with Gasteiger partial charge in [-0.1, -0.05) is 0 Å². The summed E-state index contributed by atoms with van der Waals surface area (Å²) in [7, 11) is 0. The van der Waals surface area contributed by atoms with Gasteiger partial charge in [-0.05, 0) is 41.5 Å². The maximum absolute atomic E-state index is 5.58. The van der Waals surface area contributed by atoms with Gasteiger partial charge in [0.05, 0.1) is 11.2 Å². The van der Waals surface area contributed by atoms with Gasteiger partial charge in [-0.2, -0.15) is 36.4 Å². The second-order valence-corrected chi connectivity index (χ2v) is 6.90. The number of ether oxygens (including phenoxy) is 2. The van der Waals surface area contributed by atoms with Crippen molar-refractivity contribution in [3.8, 4) is 11.5 Å². The van der Waals surface area contributed by atoms with Crippen LogP contribution in [0.25, 0.3) is 0 Å². The molecular weight excluding hydrogens is 462 g/mol.